The molecule has 0 bridgehead atoms. The third-order valence-corrected chi connectivity index (χ3v) is 3.20. The Labute approximate surface area is 132 Å². The topological polar surface area (TPSA) is 133 Å². The molecule has 0 saturated heterocycles. The Balaban J connectivity index is 2.67. The fourth-order valence-corrected chi connectivity index (χ4v) is 1.85. The molecule has 0 aromatic rings. The number of amides is 4. The van der Waals surface area contributed by atoms with Crippen molar-refractivity contribution in [2.75, 3.05) is 6.54 Å². The molecular weight excluding hydrogens is 306 g/mol. The van der Waals surface area contributed by atoms with Gasteiger partial charge in [-0.1, -0.05) is 13.8 Å². The van der Waals surface area contributed by atoms with Crippen molar-refractivity contribution in [2.45, 2.75) is 32.9 Å². The van der Waals surface area contributed by atoms with Crippen molar-refractivity contribution in [1.29, 1.82) is 0 Å². The maximum absolute atomic E-state index is 12.1. The quantitative estimate of drug-likeness (QED) is 0.495. The van der Waals surface area contributed by atoms with E-state index in [0.29, 0.717) is 0 Å². The van der Waals surface area contributed by atoms with Crippen LogP contribution in [0.3, 0.4) is 0 Å². The number of carboxylic acids is 1. The summed E-state index contributed by atoms with van der Waals surface area (Å²) >= 11 is 0. The lowest BCUT2D eigenvalue weighted by atomic mass is 10.0. The van der Waals surface area contributed by atoms with Crippen molar-refractivity contribution in [3.8, 4) is 0 Å². The first kappa shape index (κ1) is 18.3. The molecular formula is C14H19N3O6. The van der Waals surface area contributed by atoms with Gasteiger partial charge in [-0.25, -0.2) is 0 Å². The fourth-order valence-electron chi connectivity index (χ4n) is 1.85. The van der Waals surface area contributed by atoms with Crippen molar-refractivity contribution in [3.63, 3.8) is 0 Å². The normalized spacial score (nSPS) is 16.4. The van der Waals surface area contributed by atoms with Gasteiger partial charge in [0.15, 0.2) is 0 Å². The van der Waals surface area contributed by atoms with Gasteiger partial charge in [0.1, 0.15) is 18.6 Å². The number of nitrogens with one attached hydrogen (secondary N) is 2. The minimum atomic E-state index is -1.20. The number of carboxylic acid groups (broad SMARTS) is 1. The summed E-state index contributed by atoms with van der Waals surface area (Å²) in [5.74, 6) is -4.06. The molecule has 0 aliphatic carbocycles. The van der Waals surface area contributed by atoms with Crippen molar-refractivity contribution in [2.24, 2.45) is 5.92 Å². The molecule has 0 fully saturated rings. The van der Waals surface area contributed by atoms with E-state index in [1.807, 2.05) is 0 Å². The van der Waals surface area contributed by atoms with Crippen LogP contribution in [0.15, 0.2) is 12.2 Å². The van der Waals surface area contributed by atoms with Gasteiger partial charge in [0, 0.05) is 12.2 Å². The Morgan fingerprint density at radius 3 is 2.04 bits per heavy atom. The Bertz CT molecular complexity index is 551. The van der Waals surface area contributed by atoms with Crippen molar-refractivity contribution in [3.05, 3.63) is 12.2 Å². The maximum atomic E-state index is 12.1. The predicted octanol–water partition coefficient (Wildman–Crippen LogP) is -1.36. The Kier molecular flexibility index (Phi) is 6.00. The first-order chi connectivity index (χ1) is 10.6. The van der Waals surface area contributed by atoms with Gasteiger partial charge in [-0.3, -0.25) is 28.9 Å². The van der Waals surface area contributed by atoms with Gasteiger partial charge in [0.2, 0.25) is 11.8 Å². The van der Waals surface area contributed by atoms with E-state index in [1.165, 1.54) is 6.92 Å². The monoisotopic (exact) mass is 325 g/mol. The summed E-state index contributed by atoms with van der Waals surface area (Å²) in [4.78, 5) is 58.3. The fraction of sp³-hybridized carbons (Fsp3) is 0.500. The summed E-state index contributed by atoms with van der Waals surface area (Å²) in [5, 5.41) is 13.5. The van der Waals surface area contributed by atoms with Crippen molar-refractivity contribution in [1.82, 2.24) is 15.5 Å². The van der Waals surface area contributed by atoms with Gasteiger partial charge < -0.3 is 15.7 Å². The minimum absolute atomic E-state index is 0.317. The summed E-state index contributed by atoms with van der Waals surface area (Å²) < 4.78 is 0. The van der Waals surface area contributed by atoms with E-state index in [1.54, 1.807) is 13.8 Å². The number of aliphatic carboxylic acids is 1. The third kappa shape index (κ3) is 4.90. The largest absolute Gasteiger partial charge is 0.480 e. The number of hydrogen-bond donors (Lipinski definition) is 3. The van der Waals surface area contributed by atoms with E-state index in [0.717, 1.165) is 17.1 Å². The van der Waals surface area contributed by atoms with Crippen molar-refractivity contribution >= 4 is 29.6 Å². The molecule has 1 aliphatic rings. The van der Waals surface area contributed by atoms with Crippen LogP contribution in [0.5, 0.6) is 0 Å². The zero-order valence-corrected chi connectivity index (χ0v) is 13.0. The lowest BCUT2D eigenvalue weighted by molar-refractivity contribution is -0.143. The van der Waals surface area contributed by atoms with Crippen LogP contribution < -0.4 is 10.6 Å². The van der Waals surface area contributed by atoms with E-state index in [-0.39, 0.29) is 5.92 Å². The van der Waals surface area contributed by atoms with Crippen LogP contribution in [0.25, 0.3) is 0 Å². The number of carbonyl (C=O) groups excluding carboxylic acids is 4. The van der Waals surface area contributed by atoms with Crippen LogP contribution in [0.4, 0.5) is 0 Å². The van der Waals surface area contributed by atoms with E-state index in [4.69, 9.17) is 5.11 Å². The average Bonchev–Trinajstić information content (AvgIpc) is 2.75. The minimum Gasteiger partial charge on any atom is -0.480 e. The highest BCUT2D eigenvalue weighted by molar-refractivity contribution is 6.14. The second-order valence-corrected chi connectivity index (χ2v) is 5.45. The molecule has 1 heterocycles. The Hall–Kier alpha value is -2.71. The molecule has 1 aliphatic heterocycles. The number of imide groups is 1. The molecule has 23 heavy (non-hydrogen) atoms. The summed E-state index contributed by atoms with van der Waals surface area (Å²) in [5.41, 5.74) is 0. The second kappa shape index (κ2) is 7.52. The van der Waals surface area contributed by atoms with Crippen LogP contribution >= 0.6 is 0 Å². The van der Waals surface area contributed by atoms with Crippen LogP contribution in [-0.2, 0) is 24.0 Å². The average molecular weight is 325 g/mol. The number of carbonyl (C=O) groups is 5. The predicted molar refractivity (Wildman–Crippen MR) is 77.9 cm³/mol. The highest BCUT2D eigenvalue weighted by Crippen LogP contribution is 2.05. The number of hydrogen-bond acceptors (Lipinski definition) is 5. The molecule has 0 radical (unpaired) electrons. The molecule has 1 rings (SSSR count). The van der Waals surface area contributed by atoms with Crippen LogP contribution in [-0.4, -0.2) is 58.2 Å². The lowest BCUT2D eigenvalue weighted by Crippen LogP contribution is -2.54. The molecule has 0 aromatic heterocycles. The molecule has 0 spiro atoms. The summed E-state index contributed by atoms with van der Waals surface area (Å²) in [6.07, 6.45) is 2.10. The maximum Gasteiger partial charge on any atom is 0.325 e. The molecule has 9 nitrogen and oxygen atoms in total. The lowest BCUT2D eigenvalue weighted by Gasteiger charge is -2.24. The van der Waals surface area contributed by atoms with Crippen molar-refractivity contribution < 1.29 is 29.1 Å². The van der Waals surface area contributed by atoms with Gasteiger partial charge in [-0.05, 0) is 12.8 Å². The van der Waals surface area contributed by atoms with Gasteiger partial charge >= 0.3 is 5.97 Å². The standard InChI is InChI=1S/C14H19N3O6/c1-7(2)12(13(21)15-8(3)14(22)23)16-9(18)6-17-10(19)4-5-11(17)20/h4-5,7-8,12H,6H2,1-3H3,(H,15,21)(H,16,18)(H,22,23)/t8-,12?/m0/s1. The second-order valence-electron chi connectivity index (χ2n) is 5.45. The smallest absolute Gasteiger partial charge is 0.325 e. The number of nitrogens with zero attached hydrogens (tertiary/aromatic N) is 1. The molecule has 126 valence electrons. The van der Waals surface area contributed by atoms with Gasteiger partial charge in [0.25, 0.3) is 11.8 Å². The van der Waals surface area contributed by atoms with Crippen LogP contribution in [0.2, 0.25) is 0 Å². The number of rotatable bonds is 7. The first-order valence-corrected chi connectivity index (χ1v) is 6.99. The Morgan fingerprint density at radius 2 is 1.61 bits per heavy atom. The van der Waals surface area contributed by atoms with E-state index in [2.05, 4.69) is 10.6 Å². The Morgan fingerprint density at radius 1 is 1.09 bits per heavy atom. The van der Waals surface area contributed by atoms with E-state index >= 15 is 0 Å². The van der Waals surface area contributed by atoms with Crippen LogP contribution in [0, 0.1) is 5.92 Å². The van der Waals surface area contributed by atoms with Crippen LogP contribution in [0.1, 0.15) is 20.8 Å². The summed E-state index contributed by atoms with van der Waals surface area (Å²) in [6, 6.07) is -2.09. The highest BCUT2D eigenvalue weighted by atomic mass is 16.4. The van der Waals surface area contributed by atoms with E-state index < -0.39 is 48.2 Å². The molecule has 2 atom stereocenters. The molecule has 1 unspecified atom stereocenters. The molecule has 9 heteroatoms. The van der Waals surface area contributed by atoms with E-state index in [9.17, 15) is 24.0 Å². The van der Waals surface area contributed by atoms with Gasteiger partial charge in [0.05, 0.1) is 0 Å². The highest BCUT2D eigenvalue weighted by Gasteiger charge is 2.30. The molecule has 0 aromatic carbocycles. The van der Waals surface area contributed by atoms with Gasteiger partial charge in [-0.15, -0.1) is 0 Å². The first-order valence-electron chi connectivity index (χ1n) is 6.99. The summed E-state index contributed by atoms with van der Waals surface area (Å²) in [7, 11) is 0. The third-order valence-electron chi connectivity index (χ3n) is 3.20. The molecule has 3 N–H and O–H groups in total. The summed E-state index contributed by atoms with van der Waals surface area (Å²) in [6.45, 7) is 4.13. The van der Waals surface area contributed by atoms with Gasteiger partial charge in [-0.2, -0.15) is 0 Å². The zero-order chi connectivity index (χ0) is 17.7. The SMILES string of the molecule is CC(C)C(NC(=O)CN1C(=O)C=CC1=O)C(=O)N[C@@H](C)C(=O)O. The molecule has 4 amide bonds. The zero-order valence-electron chi connectivity index (χ0n) is 13.0. The molecule has 0 saturated carbocycles.